The zero-order valence-electron chi connectivity index (χ0n) is 10.1. The Hall–Kier alpha value is -1.70. The molecule has 1 N–H and O–H groups in total. The molecule has 0 atom stereocenters. The van der Waals surface area contributed by atoms with Gasteiger partial charge in [-0.15, -0.1) is 5.10 Å². The zero-order chi connectivity index (χ0) is 13.0. The van der Waals surface area contributed by atoms with Crippen LogP contribution in [0.5, 0.6) is 0 Å². The lowest BCUT2D eigenvalue weighted by Gasteiger charge is -2.11. The van der Waals surface area contributed by atoms with Crippen molar-refractivity contribution in [3.63, 3.8) is 0 Å². The maximum absolute atomic E-state index is 11.6. The zero-order valence-corrected chi connectivity index (χ0v) is 10.9. The average molecular weight is 258 g/mol. The van der Waals surface area contributed by atoms with Crippen molar-refractivity contribution in [2.24, 2.45) is 0 Å². The molecule has 0 aliphatic rings. The molecule has 1 rings (SSSR count). The van der Waals surface area contributed by atoms with Crippen molar-refractivity contribution in [1.29, 1.82) is 0 Å². The number of urea groups is 1. The maximum atomic E-state index is 11.6. The summed E-state index contributed by atoms with van der Waals surface area (Å²) in [6.45, 7) is 3.46. The molecule has 0 saturated heterocycles. The Labute approximate surface area is 103 Å². The van der Waals surface area contributed by atoms with Crippen LogP contribution in [0.1, 0.15) is 24.3 Å². The van der Waals surface area contributed by atoms with Crippen LogP contribution in [0.15, 0.2) is 0 Å². The van der Waals surface area contributed by atoms with E-state index >= 15 is 0 Å². The van der Waals surface area contributed by atoms with Crippen LogP contribution < -0.4 is 5.32 Å². The molecule has 2 amide bonds. The van der Waals surface area contributed by atoms with Crippen molar-refractivity contribution in [3.8, 4) is 0 Å². The van der Waals surface area contributed by atoms with Crippen molar-refractivity contribution in [3.05, 3.63) is 5.69 Å². The van der Waals surface area contributed by atoms with Crippen molar-refractivity contribution < 1.29 is 14.3 Å². The van der Waals surface area contributed by atoms with Crippen LogP contribution in [-0.2, 0) is 4.74 Å². The minimum absolute atomic E-state index is 0.0268. The van der Waals surface area contributed by atoms with E-state index in [1.165, 1.54) is 4.90 Å². The fraction of sp³-hybridized carbons (Fsp3) is 0.556. The summed E-state index contributed by atoms with van der Waals surface area (Å²) in [5, 5.41) is 6.45. The molecule has 1 aromatic heterocycles. The van der Waals surface area contributed by atoms with Crippen molar-refractivity contribution in [1.82, 2.24) is 14.5 Å². The lowest BCUT2D eigenvalue weighted by Crippen LogP contribution is -2.27. The SMILES string of the molecule is CC(C)OC(=O)c1nnsc1NC(=O)N(C)C. The molecule has 94 valence electrons. The minimum atomic E-state index is -0.595. The normalized spacial score (nSPS) is 10.2. The van der Waals surface area contributed by atoms with Crippen molar-refractivity contribution in [2.75, 3.05) is 19.4 Å². The van der Waals surface area contributed by atoms with E-state index < -0.39 is 5.97 Å². The molecule has 0 aliphatic carbocycles. The molecule has 0 saturated carbocycles. The number of ether oxygens (including phenoxy) is 1. The first-order valence-electron chi connectivity index (χ1n) is 4.93. The van der Waals surface area contributed by atoms with Gasteiger partial charge in [-0.1, -0.05) is 4.49 Å². The van der Waals surface area contributed by atoms with E-state index in [0.717, 1.165) is 11.5 Å². The minimum Gasteiger partial charge on any atom is -0.458 e. The van der Waals surface area contributed by atoms with Gasteiger partial charge < -0.3 is 9.64 Å². The van der Waals surface area contributed by atoms with E-state index in [1.807, 2.05) is 0 Å². The molecule has 1 aromatic rings. The Morgan fingerprint density at radius 1 is 1.41 bits per heavy atom. The first kappa shape index (κ1) is 13.4. The monoisotopic (exact) mass is 258 g/mol. The number of nitrogens with one attached hydrogen (secondary N) is 1. The third kappa shape index (κ3) is 3.66. The number of anilines is 1. The summed E-state index contributed by atoms with van der Waals surface area (Å²) < 4.78 is 8.60. The first-order chi connectivity index (χ1) is 7.91. The number of nitrogens with zero attached hydrogens (tertiary/aromatic N) is 3. The van der Waals surface area contributed by atoms with E-state index in [9.17, 15) is 9.59 Å². The molecule has 7 nitrogen and oxygen atoms in total. The predicted octanol–water partition coefficient (Wildman–Crippen LogP) is 1.20. The van der Waals surface area contributed by atoms with Gasteiger partial charge in [0, 0.05) is 25.6 Å². The van der Waals surface area contributed by atoms with Crippen LogP contribution in [0.3, 0.4) is 0 Å². The lowest BCUT2D eigenvalue weighted by molar-refractivity contribution is 0.0372. The summed E-state index contributed by atoms with van der Waals surface area (Å²) in [7, 11) is 3.19. The number of amides is 2. The number of esters is 1. The van der Waals surface area contributed by atoms with Crippen molar-refractivity contribution >= 4 is 28.5 Å². The first-order valence-corrected chi connectivity index (χ1v) is 5.70. The number of hydrogen-bond donors (Lipinski definition) is 1. The highest BCUT2D eigenvalue weighted by molar-refractivity contribution is 7.10. The van der Waals surface area contributed by atoms with Crippen LogP contribution in [-0.4, -0.2) is 46.7 Å². The fourth-order valence-electron chi connectivity index (χ4n) is 0.885. The van der Waals surface area contributed by atoms with E-state index in [0.29, 0.717) is 0 Å². The quantitative estimate of drug-likeness (QED) is 0.823. The third-order valence-corrected chi connectivity index (χ3v) is 2.29. The second kappa shape index (κ2) is 5.58. The van der Waals surface area contributed by atoms with Gasteiger partial charge >= 0.3 is 12.0 Å². The molecule has 0 fully saturated rings. The highest BCUT2D eigenvalue weighted by Gasteiger charge is 2.21. The van der Waals surface area contributed by atoms with Crippen molar-refractivity contribution in [2.45, 2.75) is 20.0 Å². The molecule has 1 heterocycles. The molecule has 17 heavy (non-hydrogen) atoms. The van der Waals surface area contributed by atoms with E-state index in [4.69, 9.17) is 4.74 Å². The Morgan fingerprint density at radius 3 is 2.59 bits per heavy atom. The molecule has 0 aliphatic heterocycles. The largest absolute Gasteiger partial charge is 0.458 e. The number of rotatable bonds is 3. The van der Waals surface area contributed by atoms with Gasteiger partial charge in [-0.3, -0.25) is 5.32 Å². The molecule has 0 bridgehead atoms. The molecule has 0 spiro atoms. The van der Waals surface area contributed by atoms with Gasteiger partial charge in [-0.2, -0.15) is 0 Å². The van der Waals surface area contributed by atoms with Gasteiger partial charge in [-0.05, 0) is 13.8 Å². The number of aromatic nitrogens is 2. The summed E-state index contributed by atoms with van der Waals surface area (Å²) in [6.07, 6.45) is -0.249. The summed E-state index contributed by atoms with van der Waals surface area (Å²) in [5.41, 5.74) is 0.0268. The Morgan fingerprint density at radius 2 is 2.06 bits per heavy atom. The van der Waals surface area contributed by atoms with E-state index in [2.05, 4.69) is 14.9 Å². The second-order valence-corrected chi connectivity index (χ2v) is 4.48. The Kier molecular flexibility index (Phi) is 4.38. The molecule has 0 radical (unpaired) electrons. The molecule has 8 heteroatoms. The van der Waals surface area contributed by atoms with Gasteiger partial charge in [-0.25, -0.2) is 9.59 Å². The highest BCUT2D eigenvalue weighted by atomic mass is 32.1. The van der Waals surface area contributed by atoms with Gasteiger partial charge in [0.05, 0.1) is 6.10 Å². The maximum Gasteiger partial charge on any atom is 0.362 e. The highest BCUT2D eigenvalue weighted by Crippen LogP contribution is 2.19. The molecular weight excluding hydrogens is 244 g/mol. The van der Waals surface area contributed by atoms with Gasteiger partial charge in [0.2, 0.25) is 5.69 Å². The summed E-state index contributed by atoms with van der Waals surface area (Å²) in [5.74, 6) is -0.595. The number of carbonyl (C=O) groups excluding carboxylic acids is 2. The van der Waals surface area contributed by atoms with Gasteiger partial charge in [0.15, 0.2) is 5.00 Å². The predicted molar refractivity (Wildman–Crippen MR) is 63.2 cm³/mol. The topological polar surface area (TPSA) is 84.4 Å². The smallest absolute Gasteiger partial charge is 0.362 e. The van der Waals surface area contributed by atoms with Crippen LogP contribution in [0.4, 0.5) is 9.80 Å². The van der Waals surface area contributed by atoms with E-state index in [-0.39, 0.29) is 22.8 Å². The van der Waals surface area contributed by atoms with E-state index in [1.54, 1.807) is 27.9 Å². The van der Waals surface area contributed by atoms with Gasteiger partial charge in [0.25, 0.3) is 0 Å². The summed E-state index contributed by atoms with van der Waals surface area (Å²) in [6, 6.07) is -0.352. The molecule has 0 aromatic carbocycles. The van der Waals surface area contributed by atoms with Crippen LogP contribution >= 0.6 is 11.5 Å². The lowest BCUT2D eigenvalue weighted by atomic mass is 10.4. The van der Waals surface area contributed by atoms with Crippen LogP contribution in [0.25, 0.3) is 0 Å². The third-order valence-electron chi connectivity index (χ3n) is 1.65. The van der Waals surface area contributed by atoms with Crippen LogP contribution in [0, 0.1) is 0 Å². The average Bonchev–Trinajstić information content (AvgIpc) is 2.64. The van der Waals surface area contributed by atoms with Crippen LogP contribution in [0.2, 0.25) is 0 Å². The Balaban J connectivity index is 2.79. The Bertz CT molecular complexity index is 416. The number of carbonyl (C=O) groups is 2. The van der Waals surface area contributed by atoms with Gasteiger partial charge in [0.1, 0.15) is 0 Å². The standard InChI is InChI=1S/C9H14N4O3S/c1-5(2)16-8(14)6-7(17-12-11-6)10-9(15)13(3)4/h5H,1-4H3,(H,10,15). The summed E-state index contributed by atoms with van der Waals surface area (Å²) >= 11 is 0.930. The molecule has 0 unspecified atom stereocenters. The molecular formula is C9H14N4O3S. The fourth-order valence-corrected chi connectivity index (χ4v) is 1.43. The summed E-state index contributed by atoms with van der Waals surface area (Å²) in [4.78, 5) is 24.4. The second-order valence-electron chi connectivity index (χ2n) is 3.73. The number of hydrogen-bond acceptors (Lipinski definition) is 6.